The summed E-state index contributed by atoms with van der Waals surface area (Å²) in [6.07, 6.45) is 0.785. The van der Waals surface area contributed by atoms with E-state index in [1.165, 1.54) is 13.1 Å². The van der Waals surface area contributed by atoms with Gasteiger partial charge in [-0.05, 0) is 0 Å². The van der Waals surface area contributed by atoms with Crippen molar-refractivity contribution in [2.75, 3.05) is 64.2 Å². The number of nitrogens with one attached hydrogen (secondary N) is 1. The normalized spacial score (nSPS) is 20.2. The van der Waals surface area contributed by atoms with Crippen molar-refractivity contribution in [3.05, 3.63) is 0 Å². The number of carboxylic acid groups (broad SMARTS) is 2. The number of ether oxygens (including phenoxy) is 3. The van der Waals surface area contributed by atoms with E-state index < -0.39 is 11.9 Å². The first-order valence-electron chi connectivity index (χ1n) is 7.79. The van der Waals surface area contributed by atoms with Crippen molar-refractivity contribution >= 4 is 37.2 Å². The standard InChI is InChI=1S/C6H10O3.C2H5N.2C2H4O2S.C2H6O2/c1(5-3-8-5)7-2-6-4-9-6;1-2-3-1;2*3-2(4)1-5;3-1-2-4/h5-6H,1-4H2;3H,1-2H2;2*5H,1H2,(H,3,4);3-4H,1-2H2. The number of aliphatic hydroxyl groups excluding tert-OH is 2. The predicted octanol–water partition coefficient (Wildman–Crippen LogP) is -1.64. The van der Waals surface area contributed by atoms with Crippen molar-refractivity contribution in [1.29, 1.82) is 0 Å². The first-order valence-corrected chi connectivity index (χ1v) is 9.06. The van der Waals surface area contributed by atoms with Crippen molar-refractivity contribution in [2.24, 2.45) is 0 Å². The molecule has 0 aromatic rings. The molecule has 3 saturated heterocycles. The second-order valence-electron chi connectivity index (χ2n) is 4.75. The van der Waals surface area contributed by atoms with Crippen LogP contribution in [0.5, 0.6) is 0 Å². The lowest BCUT2D eigenvalue weighted by atomic mass is 10.5. The van der Waals surface area contributed by atoms with Gasteiger partial charge in [0.25, 0.3) is 0 Å². The van der Waals surface area contributed by atoms with Crippen LogP contribution in [0.1, 0.15) is 0 Å². The molecule has 0 amide bonds. The maximum absolute atomic E-state index is 9.29. The summed E-state index contributed by atoms with van der Waals surface area (Å²) in [5.74, 6) is -1.93. The fourth-order valence-corrected chi connectivity index (χ4v) is 0.659. The number of carbonyl (C=O) groups is 2. The molecule has 0 aromatic heterocycles. The molecule has 3 rings (SSSR count). The number of rotatable bonds is 7. The minimum absolute atomic E-state index is 0.0833. The predicted molar refractivity (Wildman–Crippen MR) is 100 cm³/mol. The molecule has 26 heavy (non-hydrogen) atoms. The number of carboxylic acids is 2. The van der Waals surface area contributed by atoms with E-state index in [9.17, 15) is 9.59 Å². The first kappa shape index (κ1) is 27.6. The number of aliphatic hydroxyl groups is 2. The highest BCUT2D eigenvalue weighted by molar-refractivity contribution is 7.81. The Morgan fingerprint density at radius 1 is 0.923 bits per heavy atom. The van der Waals surface area contributed by atoms with Crippen LogP contribution in [0.4, 0.5) is 0 Å². The molecule has 3 fully saturated rings. The van der Waals surface area contributed by atoms with E-state index in [4.69, 9.17) is 34.6 Å². The van der Waals surface area contributed by atoms with Crippen LogP contribution in [0, 0.1) is 0 Å². The SMILES string of the molecule is C(OCC1CO1)C1CO1.C1CN1.O=C(O)CS.O=C(O)CS.OCCO. The Bertz CT molecular complexity index is 310. The topological polar surface area (TPSA) is 171 Å². The van der Waals surface area contributed by atoms with Gasteiger partial charge in [-0.1, -0.05) is 0 Å². The second kappa shape index (κ2) is 20.7. The van der Waals surface area contributed by atoms with Crippen LogP contribution >= 0.6 is 25.3 Å². The summed E-state index contributed by atoms with van der Waals surface area (Å²) in [4.78, 5) is 18.6. The molecule has 12 heteroatoms. The van der Waals surface area contributed by atoms with Gasteiger partial charge in [0.1, 0.15) is 12.2 Å². The molecule has 0 aliphatic carbocycles. The summed E-state index contributed by atoms with van der Waals surface area (Å²) < 4.78 is 15.1. The fourth-order valence-electron chi connectivity index (χ4n) is 0.659. The van der Waals surface area contributed by atoms with Crippen LogP contribution in [0.2, 0.25) is 0 Å². The van der Waals surface area contributed by atoms with Gasteiger partial charge in [0.15, 0.2) is 0 Å². The van der Waals surface area contributed by atoms with E-state index in [0.29, 0.717) is 12.2 Å². The summed E-state index contributed by atoms with van der Waals surface area (Å²) in [5.41, 5.74) is 0. The van der Waals surface area contributed by atoms with Crippen molar-refractivity contribution in [2.45, 2.75) is 12.2 Å². The Kier molecular flexibility index (Phi) is 22.0. The highest BCUT2D eigenvalue weighted by atomic mass is 32.1. The monoisotopic (exact) mass is 419 g/mol. The number of hydrogen-bond acceptors (Lipinski definition) is 10. The summed E-state index contributed by atoms with van der Waals surface area (Å²) in [6, 6.07) is 0. The zero-order chi connectivity index (χ0) is 20.2. The number of hydrogen-bond donors (Lipinski definition) is 7. The Balaban J connectivity index is 0. The Hall–Kier alpha value is -0.600. The molecule has 10 nitrogen and oxygen atoms in total. The maximum atomic E-state index is 9.29. The number of epoxide rings is 2. The maximum Gasteiger partial charge on any atom is 0.313 e. The molecule has 3 aliphatic heterocycles. The zero-order valence-electron chi connectivity index (χ0n) is 14.5. The van der Waals surface area contributed by atoms with Crippen molar-refractivity contribution in [3.8, 4) is 0 Å². The summed E-state index contributed by atoms with van der Waals surface area (Å²) >= 11 is 6.83. The van der Waals surface area contributed by atoms with Crippen LogP contribution in [0.3, 0.4) is 0 Å². The van der Waals surface area contributed by atoms with E-state index >= 15 is 0 Å². The number of aliphatic carboxylic acids is 2. The van der Waals surface area contributed by atoms with Crippen LogP contribution in [0.25, 0.3) is 0 Å². The molecule has 0 aromatic carbocycles. The Labute approximate surface area is 163 Å². The molecule has 2 unspecified atom stereocenters. The molecule has 3 heterocycles. The van der Waals surface area contributed by atoms with Crippen LogP contribution < -0.4 is 5.32 Å². The zero-order valence-corrected chi connectivity index (χ0v) is 16.2. The Morgan fingerprint density at radius 2 is 1.19 bits per heavy atom. The molecule has 0 spiro atoms. The van der Waals surface area contributed by atoms with Gasteiger partial charge < -0.3 is 40.0 Å². The van der Waals surface area contributed by atoms with E-state index in [0.717, 1.165) is 26.4 Å². The van der Waals surface area contributed by atoms with Crippen molar-refractivity contribution < 1.29 is 44.2 Å². The molecule has 0 bridgehead atoms. The molecule has 5 N–H and O–H groups in total. The summed E-state index contributed by atoms with van der Waals surface area (Å²) in [6.45, 7) is 5.51. The lowest BCUT2D eigenvalue weighted by Gasteiger charge is -1.95. The van der Waals surface area contributed by atoms with Crippen LogP contribution in [0.15, 0.2) is 0 Å². The second-order valence-corrected chi connectivity index (χ2v) is 5.38. The molecule has 3 aliphatic rings. The van der Waals surface area contributed by atoms with Crippen molar-refractivity contribution in [1.82, 2.24) is 5.32 Å². The number of thiol groups is 2. The fraction of sp³-hybridized carbons (Fsp3) is 0.857. The third kappa shape index (κ3) is 38.8. The smallest absolute Gasteiger partial charge is 0.313 e. The lowest BCUT2D eigenvalue weighted by Crippen LogP contribution is -2.06. The minimum Gasteiger partial charge on any atom is -0.481 e. The van der Waals surface area contributed by atoms with Gasteiger partial charge in [-0.3, -0.25) is 9.59 Å². The van der Waals surface area contributed by atoms with Crippen molar-refractivity contribution in [3.63, 3.8) is 0 Å². The first-order chi connectivity index (χ1) is 12.4. The van der Waals surface area contributed by atoms with Gasteiger partial charge in [-0.25, -0.2) is 0 Å². The van der Waals surface area contributed by atoms with Gasteiger partial charge >= 0.3 is 11.9 Å². The van der Waals surface area contributed by atoms with Gasteiger partial charge in [0, 0.05) is 13.1 Å². The van der Waals surface area contributed by atoms with Crippen LogP contribution in [-0.2, 0) is 23.8 Å². The highest BCUT2D eigenvalue weighted by Crippen LogP contribution is 2.12. The van der Waals surface area contributed by atoms with Gasteiger partial charge in [-0.15, -0.1) is 0 Å². The third-order valence-corrected chi connectivity index (χ3v) is 2.57. The Morgan fingerprint density at radius 3 is 1.31 bits per heavy atom. The lowest BCUT2D eigenvalue weighted by molar-refractivity contribution is -0.134. The average molecular weight is 420 g/mol. The van der Waals surface area contributed by atoms with E-state index in [1.807, 2.05) is 0 Å². The molecule has 0 radical (unpaired) electrons. The largest absolute Gasteiger partial charge is 0.481 e. The quantitative estimate of drug-likeness (QED) is 0.187. The molecule has 0 saturated carbocycles. The van der Waals surface area contributed by atoms with Crippen LogP contribution in [-0.4, -0.2) is 109 Å². The van der Waals surface area contributed by atoms with E-state index in [2.05, 4.69) is 30.6 Å². The van der Waals surface area contributed by atoms with E-state index in [-0.39, 0.29) is 24.7 Å². The van der Waals surface area contributed by atoms with Gasteiger partial charge in [0.2, 0.25) is 0 Å². The third-order valence-electron chi connectivity index (χ3n) is 2.03. The molecule has 156 valence electrons. The summed E-state index contributed by atoms with van der Waals surface area (Å²) in [5, 5.41) is 33.5. The minimum atomic E-state index is -0.881. The van der Waals surface area contributed by atoms with Gasteiger partial charge in [-0.2, -0.15) is 25.3 Å². The highest BCUT2D eigenvalue weighted by Gasteiger charge is 2.26. The molecule has 2 atom stereocenters. The average Bonchev–Trinajstić information content (AvgIpc) is 3.46. The molecular weight excluding hydrogens is 390 g/mol. The van der Waals surface area contributed by atoms with E-state index in [1.54, 1.807) is 0 Å². The molecular formula is C14H29NO9S2. The summed E-state index contributed by atoms with van der Waals surface area (Å²) in [7, 11) is 0. The van der Waals surface area contributed by atoms with Gasteiger partial charge in [0.05, 0.1) is 51.1 Å².